The van der Waals surface area contributed by atoms with Gasteiger partial charge in [0.15, 0.2) is 11.5 Å². The number of rotatable bonds is 7. The third kappa shape index (κ3) is 3.95. The molecule has 1 N–H and O–H groups in total. The van der Waals surface area contributed by atoms with Crippen molar-refractivity contribution >= 4 is 11.6 Å². The van der Waals surface area contributed by atoms with Crippen LogP contribution >= 0.6 is 11.6 Å². The average molecular weight is 256 g/mol. The lowest BCUT2D eigenvalue weighted by atomic mass is 10.2. The number of benzene rings is 1. The summed E-state index contributed by atoms with van der Waals surface area (Å²) in [5, 5.41) is 3.63. The van der Waals surface area contributed by atoms with Crippen LogP contribution in [0.4, 0.5) is 0 Å². The van der Waals surface area contributed by atoms with Crippen molar-refractivity contribution in [3.8, 4) is 11.5 Å². The minimum Gasteiger partial charge on any atom is -0.490 e. The van der Waals surface area contributed by atoms with E-state index in [0.29, 0.717) is 29.7 Å². The summed E-state index contributed by atoms with van der Waals surface area (Å²) in [4.78, 5) is 0. The standard InChI is InChI=1S/C13H18ClNO2/c1-4-6-17-13-11(14)7-10(9-15-3)8-12(13)16-5-2/h4,7-8,15H,1,5-6,9H2,2-3H3. The van der Waals surface area contributed by atoms with E-state index in [1.165, 1.54) is 0 Å². The second-order valence-electron chi connectivity index (χ2n) is 3.47. The van der Waals surface area contributed by atoms with E-state index in [-0.39, 0.29) is 0 Å². The van der Waals surface area contributed by atoms with Gasteiger partial charge in [0, 0.05) is 6.54 Å². The van der Waals surface area contributed by atoms with Crippen molar-refractivity contribution in [2.75, 3.05) is 20.3 Å². The molecule has 0 amide bonds. The van der Waals surface area contributed by atoms with Gasteiger partial charge >= 0.3 is 0 Å². The van der Waals surface area contributed by atoms with Gasteiger partial charge in [-0.2, -0.15) is 0 Å². The van der Waals surface area contributed by atoms with Crippen LogP contribution in [0.25, 0.3) is 0 Å². The molecule has 17 heavy (non-hydrogen) atoms. The summed E-state index contributed by atoms with van der Waals surface area (Å²) in [6.07, 6.45) is 1.67. The van der Waals surface area contributed by atoms with Gasteiger partial charge in [0.2, 0.25) is 0 Å². The summed E-state index contributed by atoms with van der Waals surface area (Å²) >= 11 is 6.17. The summed E-state index contributed by atoms with van der Waals surface area (Å²) in [5.74, 6) is 1.25. The topological polar surface area (TPSA) is 30.5 Å². The predicted octanol–water partition coefficient (Wildman–Crippen LogP) is 3.02. The highest BCUT2D eigenvalue weighted by Crippen LogP contribution is 2.36. The summed E-state index contributed by atoms with van der Waals surface area (Å²) in [5.41, 5.74) is 1.06. The Balaban J connectivity index is 3.03. The smallest absolute Gasteiger partial charge is 0.180 e. The van der Waals surface area contributed by atoms with Crippen LogP contribution in [0, 0.1) is 0 Å². The maximum atomic E-state index is 6.17. The van der Waals surface area contributed by atoms with Crippen LogP contribution in [0.15, 0.2) is 24.8 Å². The molecule has 0 saturated heterocycles. The van der Waals surface area contributed by atoms with E-state index in [0.717, 1.165) is 12.1 Å². The van der Waals surface area contributed by atoms with Crippen LogP contribution in [0.5, 0.6) is 11.5 Å². The SMILES string of the molecule is C=CCOc1c(Cl)cc(CNC)cc1OCC. The molecule has 1 rings (SSSR count). The van der Waals surface area contributed by atoms with E-state index >= 15 is 0 Å². The first-order valence-electron chi connectivity index (χ1n) is 5.56. The molecule has 0 unspecified atom stereocenters. The Labute approximate surface area is 107 Å². The van der Waals surface area contributed by atoms with E-state index in [9.17, 15) is 0 Å². The molecule has 1 aromatic rings. The zero-order valence-electron chi connectivity index (χ0n) is 10.3. The van der Waals surface area contributed by atoms with Crippen molar-refractivity contribution in [3.63, 3.8) is 0 Å². The number of ether oxygens (including phenoxy) is 2. The highest BCUT2D eigenvalue weighted by molar-refractivity contribution is 6.32. The Morgan fingerprint density at radius 3 is 2.76 bits per heavy atom. The highest BCUT2D eigenvalue weighted by atomic mass is 35.5. The van der Waals surface area contributed by atoms with E-state index < -0.39 is 0 Å². The third-order valence-corrected chi connectivity index (χ3v) is 2.38. The van der Waals surface area contributed by atoms with Gasteiger partial charge in [0.1, 0.15) is 6.61 Å². The molecule has 0 heterocycles. The molecule has 0 spiro atoms. The second-order valence-corrected chi connectivity index (χ2v) is 3.88. The van der Waals surface area contributed by atoms with Gasteiger partial charge in [-0.3, -0.25) is 0 Å². The van der Waals surface area contributed by atoms with Crippen molar-refractivity contribution in [2.45, 2.75) is 13.5 Å². The zero-order chi connectivity index (χ0) is 12.7. The number of hydrogen-bond donors (Lipinski definition) is 1. The largest absolute Gasteiger partial charge is 0.490 e. The van der Waals surface area contributed by atoms with E-state index in [4.69, 9.17) is 21.1 Å². The molecule has 0 aliphatic rings. The Morgan fingerprint density at radius 1 is 1.41 bits per heavy atom. The van der Waals surface area contributed by atoms with E-state index in [1.54, 1.807) is 6.08 Å². The van der Waals surface area contributed by atoms with Gasteiger partial charge in [0.05, 0.1) is 11.6 Å². The third-order valence-electron chi connectivity index (χ3n) is 2.10. The molecular formula is C13H18ClNO2. The minimum atomic E-state index is 0.408. The zero-order valence-corrected chi connectivity index (χ0v) is 11.0. The molecule has 0 atom stereocenters. The molecule has 0 aliphatic carbocycles. The summed E-state index contributed by atoms with van der Waals surface area (Å²) in [7, 11) is 1.89. The maximum absolute atomic E-state index is 6.17. The van der Waals surface area contributed by atoms with Crippen molar-refractivity contribution < 1.29 is 9.47 Å². The highest BCUT2D eigenvalue weighted by Gasteiger charge is 2.11. The lowest BCUT2D eigenvalue weighted by Crippen LogP contribution is -2.06. The normalized spacial score (nSPS) is 10.1. The number of halogens is 1. The molecule has 0 aliphatic heterocycles. The number of hydrogen-bond acceptors (Lipinski definition) is 3. The van der Waals surface area contributed by atoms with Crippen molar-refractivity contribution in [1.29, 1.82) is 0 Å². The van der Waals surface area contributed by atoms with Gasteiger partial charge in [-0.25, -0.2) is 0 Å². The lowest BCUT2D eigenvalue weighted by molar-refractivity contribution is 0.296. The molecule has 0 radical (unpaired) electrons. The van der Waals surface area contributed by atoms with Crippen LogP contribution < -0.4 is 14.8 Å². The van der Waals surface area contributed by atoms with Gasteiger partial charge in [0.25, 0.3) is 0 Å². The summed E-state index contributed by atoms with van der Waals surface area (Å²) < 4.78 is 11.0. The first-order valence-corrected chi connectivity index (χ1v) is 5.94. The molecule has 0 fully saturated rings. The molecule has 3 nitrogen and oxygen atoms in total. The molecule has 1 aromatic carbocycles. The predicted molar refractivity (Wildman–Crippen MR) is 71.1 cm³/mol. The fourth-order valence-electron chi connectivity index (χ4n) is 1.47. The van der Waals surface area contributed by atoms with Crippen LogP contribution in [-0.4, -0.2) is 20.3 Å². The van der Waals surface area contributed by atoms with E-state index in [1.807, 2.05) is 26.1 Å². The van der Waals surface area contributed by atoms with Gasteiger partial charge in [-0.1, -0.05) is 24.3 Å². The molecule has 0 bridgehead atoms. The fourth-order valence-corrected chi connectivity index (χ4v) is 1.76. The molecule has 0 saturated carbocycles. The molecular weight excluding hydrogens is 238 g/mol. The Kier molecular flexibility index (Phi) is 5.87. The average Bonchev–Trinajstić information content (AvgIpc) is 2.29. The second kappa shape index (κ2) is 7.20. The summed E-state index contributed by atoms with van der Waals surface area (Å²) in [6.45, 7) is 7.25. The summed E-state index contributed by atoms with van der Waals surface area (Å²) in [6, 6.07) is 3.81. The fraction of sp³-hybridized carbons (Fsp3) is 0.385. The monoisotopic (exact) mass is 255 g/mol. The van der Waals surface area contributed by atoms with Gasteiger partial charge in [-0.15, -0.1) is 0 Å². The Hall–Kier alpha value is -1.19. The number of nitrogens with one attached hydrogen (secondary N) is 1. The van der Waals surface area contributed by atoms with Crippen LogP contribution in [-0.2, 0) is 6.54 Å². The van der Waals surface area contributed by atoms with Crippen molar-refractivity contribution in [1.82, 2.24) is 5.32 Å². The Morgan fingerprint density at radius 2 is 2.18 bits per heavy atom. The quantitative estimate of drug-likeness (QED) is 0.760. The molecule has 94 valence electrons. The van der Waals surface area contributed by atoms with Gasteiger partial charge in [-0.05, 0) is 31.7 Å². The maximum Gasteiger partial charge on any atom is 0.180 e. The lowest BCUT2D eigenvalue weighted by Gasteiger charge is -2.14. The van der Waals surface area contributed by atoms with Crippen LogP contribution in [0.3, 0.4) is 0 Å². The first kappa shape index (κ1) is 13.9. The van der Waals surface area contributed by atoms with Gasteiger partial charge < -0.3 is 14.8 Å². The van der Waals surface area contributed by atoms with Crippen LogP contribution in [0.1, 0.15) is 12.5 Å². The first-order chi connectivity index (χ1) is 8.22. The van der Waals surface area contributed by atoms with E-state index in [2.05, 4.69) is 11.9 Å². The molecule has 0 aromatic heterocycles. The van der Waals surface area contributed by atoms with Crippen molar-refractivity contribution in [3.05, 3.63) is 35.4 Å². The Bertz CT molecular complexity index is 380. The van der Waals surface area contributed by atoms with Crippen molar-refractivity contribution in [2.24, 2.45) is 0 Å². The molecule has 4 heteroatoms. The van der Waals surface area contributed by atoms with Crippen LogP contribution in [0.2, 0.25) is 5.02 Å². The minimum absolute atomic E-state index is 0.408.